The number of amides is 1. The molecule has 28 heavy (non-hydrogen) atoms. The molecule has 2 N–H and O–H groups in total. The summed E-state index contributed by atoms with van der Waals surface area (Å²) in [5.41, 5.74) is -1.54. The highest BCUT2D eigenvalue weighted by Gasteiger charge is 2.17. The predicted molar refractivity (Wildman–Crippen MR) is 103 cm³/mol. The molecule has 0 aliphatic heterocycles. The lowest BCUT2D eigenvalue weighted by molar-refractivity contribution is 0.102. The summed E-state index contributed by atoms with van der Waals surface area (Å²) in [5.74, 6) is -0.995. The van der Waals surface area contributed by atoms with Crippen LogP contribution < -0.4 is 21.3 Å². The molecular weight excluding hydrogens is 389 g/mol. The van der Waals surface area contributed by atoms with Gasteiger partial charge in [-0.15, -0.1) is 0 Å². The standard InChI is InChI=1S/C19H15ClFN3O4/c1-28-16-7-6-12(20)8-15(16)23-17(25)13-9-22-19(27)24(18(13)26)10-11-4-2-3-5-14(11)21/h2-9H,10H2,1H3,(H,22,27)(H,23,25). The Bertz CT molecular complexity index is 1160. The van der Waals surface area contributed by atoms with Gasteiger partial charge in [0.1, 0.15) is 17.1 Å². The van der Waals surface area contributed by atoms with Crippen LogP contribution in [0.2, 0.25) is 5.02 Å². The molecule has 144 valence electrons. The molecule has 0 radical (unpaired) electrons. The Hall–Kier alpha value is -3.39. The number of halogens is 2. The van der Waals surface area contributed by atoms with Crippen molar-refractivity contribution in [2.24, 2.45) is 0 Å². The van der Waals surface area contributed by atoms with Crippen molar-refractivity contribution in [2.75, 3.05) is 12.4 Å². The first-order chi connectivity index (χ1) is 13.4. The SMILES string of the molecule is COc1ccc(Cl)cc1NC(=O)c1c[nH]c(=O)n(Cc2ccccc2F)c1=O. The van der Waals surface area contributed by atoms with Crippen molar-refractivity contribution in [2.45, 2.75) is 6.54 Å². The second-order valence-electron chi connectivity index (χ2n) is 5.79. The third-order valence-corrected chi connectivity index (χ3v) is 4.24. The normalized spacial score (nSPS) is 10.5. The molecule has 7 nitrogen and oxygen atoms in total. The number of methoxy groups -OCH3 is 1. The van der Waals surface area contributed by atoms with E-state index in [1.165, 1.54) is 31.4 Å². The number of anilines is 1. The van der Waals surface area contributed by atoms with E-state index in [2.05, 4.69) is 10.3 Å². The molecule has 0 fully saturated rings. The molecule has 0 unspecified atom stereocenters. The number of hydrogen-bond donors (Lipinski definition) is 2. The van der Waals surface area contributed by atoms with Gasteiger partial charge in [-0.25, -0.2) is 9.18 Å². The number of benzene rings is 2. The van der Waals surface area contributed by atoms with Gasteiger partial charge in [-0.1, -0.05) is 29.8 Å². The van der Waals surface area contributed by atoms with Crippen LogP contribution in [0.4, 0.5) is 10.1 Å². The van der Waals surface area contributed by atoms with Gasteiger partial charge in [0, 0.05) is 16.8 Å². The largest absolute Gasteiger partial charge is 0.495 e. The van der Waals surface area contributed by atoms with E-state index in [0.717, 1.165) is 10.8 Å². The van der Waals surface area contributed by atoms with Crippen LogP contribution in [0.3, 0.4) is 0 Å². The summed E-state index contributed by atoms with van der Waals surface area (Å²) in [6, 6.07) is 10.3. The van der Waals surface area contributed by atoms with Gasteiger partial charge in [0.25, 0.3) is 11.5 Å². The van der Waals surface area contributed by atoms with Gasteiger partial charge in [0.05, 0.1) is 19.3 Å². The van der Waals surface area contributed by atoms with Crippen molar-refractivity contribution in [3.8, 4) is 5.75 Å². The first-order valence-electron chi connectivity index (χ1n) is 8.11. The van der Waals surface area contributed by atoms with Crippen LogP contribution in [-0.4, -0.2) is 22.6 Å². The summed E-state index contributed by atoms with van der Waals surface area (Å²) in [4.78, 5) is 39.6. The van der Waals surface area contributed by atoms with Gasteiger partial charge in [-0.3, -0.25) is 14.2 Å². The highest BCUT2D eigenvalue weighted by molar-refractivity contribution is 6.31. The monoisotopic (exact) mass is 403 g/mol. The van der Waals surface area contributed by atoms with Crippen LogP contribution in [-0.2, 0) is 6.54 Å². The molecule has 0 aliphatic carbocycles. The minimum Gasteiger partial charge on any atom is -0.495 e. The Morgan fingerprint density at radius 1 is 1.25 bits per heavy atom. The number of hydrogen-bond acceptors (Lipinski definition) is 4. The number of nitrogens with one attached hydrogen (secondary N) is 2. The van der Waals surface area contributed by atoms with Crippen molar-refractivity contribution < 1.29 is 13.9 Å². The van der Waals surface area contributed by atoms with Gasteiger partial charge >= 0.3 is 5.69 Å². The van der Waals surface area contributed by atoms with Crippen LogP contribution in [0.25, 0.3) is 0 Å². The van der Waals surface area contributed by atoms with Crippen molar-refractivity contribution in [1.29, 1.82) is 0 Å². The zero-order valence-electron chi connectivity index (χ0n) is 14.7. The molecule has 1 aromatic heterocycles. The average Bonchev–Trinajstić information content (AvgIpc) is 2.66. The second-order valence-corrected chi connectivity index (χ2v) is 6.23. The summed E-state index contributed by atoms with van der Waals surface area (Å²) >= 11 is 5.93. The van der Waals surface area contributed by atoms with Crippen molar-refractivity contribution in [1.82, 2.24) is 9.55 Å². The molecule has 0 saturated carbocycles. The smallest absolute Gasteiger partial charge is 0.328 e. The first-order valence-corrected chi connectivity index (χ1v) is 8.49. The van der Waals surface area contributed by atoms with E-state index in [4.69, 9.17) is 16.3 Å². The number of nitrogens with zero attached hydrogens (tertiary/aromatic N) is 1. The third-order valence-electron chi connectivity index (χ3n) is 4.00. The zero-order valence-corrected chi connectivity index (χ0v) is 15.4. The van der Waals surface area contributed by atoms with Crippen LogP contribution in [0.1, 0.15) is 15.9 Å². The van der Waals surface area contributed by atoms with Gasteiger partial charge in [0.15, 0.2) is 0 Å². The fourth-order valence-corrected chi connectivity index (χ4v) is 2.75. The Morgan fingerprint density at radius 3 is 2.71 bits per heavy atom. The quantitative estimate of drug-likeness (QED) is 0.685. The fourth-order valence-electron chi connectivity index (χ4n) is 2.58. The van der Waals surface area contributed by atoms with Gasteiger partial charge in [0.2, 0.25) is 0 Å². The molecule has 0 spiro atoms. The van der Waals surface area contributed by atoms with E-state index in [1.807, 2.05) is 0 Å². The maximum absolute atomic E-state index is 13.9. The van der Waals surface area contributed by atoms with Crippen LogP contribution in [0.15, 0.2) is 58.3 Å². The number of H-pyrrole nitrogens is 1. The van der Waals surface area contributed by atoms with Gasteiger partial charge in [-0.2, -0.15) is 0 Å². The maximum atomic E-state index is 13.9. The van der Waals surface area contributed by atoms with Crippen molar-refractivity contribution in [3.05, 3.63) is 91.5 Å². The van der Waals surface area contributed by atoms with Crippen LogP contribution >= 0.6 is 11.6 Å². The summed E-state index contributed by atoms with van der Waals surface area (Å²) < 4.78 is 19.8. The molecule has 3 rings (SSSR count). The Kier molecular flexibility index (Phi) is 5.60. The van der Waals surface area contributed by atoms with Gasteiger partial charge in [-0.05, 0) is 24.3 Å². The Morgan fingerprint density at radius 2 is 2.00 bits per heavy atom. The summed E-state index contributed by atoms with van der Waals surface area (Å²) in [6.07, 6.45) is 1.01. The fraction of sp³-hybridized carbons (Fsp3) is 0.105. The van der Waals surface area contributed by atoms with Crippen LogP contribution in [0, 0.1) is 5.82 Å². The topological polar surface area (TPSA) is 93.2 Å². The molecule has 2 aromatic carbocycles. The lowest BCUT2D eigenvalue weighted by Crippen LogP contribution is -2.39. The molecule has 0 aliphatic rings. The van der Waals surface area contributed by atoms with Crippen LogP contribution in [0.5, 0.6) is 5.75 Å². The summed E-state index contributed by atoms with van der Waals surface area (Å²) in [6.45, 7) is -0.317. The van der Waals surface area contributed by atoms with E-state index in [-0.39, 0.29) is 23.4 Å². The Balaban J connectivity index is 1.96. The highest BCUT2D eigenvalue weighted by atomic mass is 35.5. The number of ether oxygens (including phenoxy) is 1. The number of aromatic nitrogens is 2. The van der Waals surface area contributed by atoms with E-state index in [1.54, 1.807) is 18.2 Å². The minimum absolute atomic E-state index is 0.143. The maximum Gasteiger partial charge on any atom is 0.328 e. The molecule has 1 heterocycles. The lowest BCUT2D eigenvalue weighted by Gasteiger charge is -2.11. The average molecular weight is 404 g/mol. The first kappa shape index (κ1) is 19.4. The predicted octanol–water partition coefficient (Wildman–Crippen LogP) is 2.64. The van der Waals surface area contributed by atoms with Crippen molar-refractivity contribution >= 4 is 23.2 Å². The lowest BCUT2D eigenvalue weighted by atomic mass is 10.2. The van der Waals surface area contributed by atoms with Gasteiger partial charge < -0.3 is 15.0 Å². The number of rotatable bonds is 5. The number of aromatic amines is 1. The molecule has 9 heteroatoms. The zero-order chi connectivity index (χ0) is 20.3. The minimum atomic E-state index is -0.856. The third kappa shape index (κ3) is 3.96. The summed E-state index contributed by atoms with van der Waals surface area (Å²) in [5, 5.41) is 2.88. The molecule has 0 atom stereocenters. The molecule has 0 bridgehead atoms. The van der Waals surface area contributed by atoms with E-state index in [9.17, 15) is 18.8 Å². The molecule has 1 amide bonds. The molecular formula is C19H15ClFN3O4. The van der Waals surface area contributed by atoms with E-state index < -0.39 is 23.0 Å². The Labute approximate surface area is 163 Å². The molecule has 0 saturated heterocycles. The number of carbonyl (C=O) groups excluding carboxylic acids is 1. The molecule has 3 aromatic rings. The highest BCUT2D eigenvalue weighted by Crippen LogP contribution is 2.27. The van der Waals surface area contributed by atoms with E-state index in [0.29, 0.717) is 10.8 Å². The second kappa shape index (κ2) is 8.10. The van der Waals surface area contributed by atoms with Crippen molar-refractivity contribution in [3.63, 3.8) is 0 Å². The number of carbonyl (C=O) groups is 1. The summed E-state index contributed by atoms with van der Waals surface area (Å²) in [7, 11) is 1.42. The van der Waals surface area contributed by atoms with E-state index >= 15 is 0 Å².